The van der Waals surface area contributed by atoms with Gasteiger partial charge in [-0.2, -0.15) is 0 Å². The zero-order chi connectivity index (χ0) is 10.9. The molecule has 0 saturated carbocycles. The number of halogens is 1. The van der Waals surface area contributed by atoms with Crippen molar-refractivity contribution < 1.29 is 13.9 Å². The lowest BCUT2D eigenvalue weighted by Crippen LogP contribution is -2.45. The van der Waals surface area contributed by atoms with Crippen LogP contribution in [0.4, 0.5) is 4.39 Å². The summed E-state index contributed by atoms with van der Waals surface area (Å²) in [4.78, 5) is 13.7. The van der Waals surface area contributed by atoms with Crippen LogP contribution in [0.25, 0.3) is 0 Å². The highest BCUT2D eigenvalue weighted by molar-refractivity contribution is 5.83. The Hall–Kier alpha value is -0.900. The zero-order valence-corrected chi connectivity index (χ0v) is 8.96. The van der Waals surface area contributed by atoms with Gasteiger partial charge in [-0.25, -0.2) is 4.39 Å². The molecule has 1 amide bonds. The van der Waals surface area contributed by atoms with Gasteiger partial charge in [-0.05, 0) is 25.8 Å². The van der Waals surface area contributed by atoms with Crippen molar-refractivity contribution in [2.24, 2.45) is 5.41 Å². The van der Waals surface area contributed by atoms with Crippen LogP contribution in [0.5, 0.6) is 0 Å². The Labute approximate surface area is 88.9 Å². The number of ether oxygens (including phenoxy) is 1. The summed E-state index contributed by atoms with van der Waals surface area (Å²) < 4.78 is 18.3. The average Bonchev–Trinajstić information content (AvgIpc) is 2.65. The van der Waals surface area contributed by atoms with Crippen LogP contribution in [0.3, 0.4) is 0 Å². The molecule has 1 fully saturated rings. The van der Waals surface area contributed by atoms with Crippen molar-refractivity contribution in [2.45, 2.75) is 19.8 Å². The van der Waals surface area contributed by atoms with E-state index in [4.69, 9.17) is 4.74 Å². The van der Waals surface area contributed by atoms with E-state index in [1.165, 1.54) is 0 Å². The van der Waals surface area contributed by atoms with Crippen molar-refractivity contribution in [3.8, 4) is 0 Å². The van der Waals surface area contributed by atoms with E-state index in [0.717, 1.165) is 6.42 Å². The fourth-order valence-corrected chi connectivity index (χ4v) is 2.09. The van der Waals surface area contributed by atoms with Crippen LogP contribution in [0.15, 0.2) is 11.9 Å². The molecule has 0 aliphatic carbocycles. The van der Waals surface area contributed by atoms with E-state index < -0.39 is 5.41 Å². The van der Waals surface area contributed by atoms with E-state index in [1.54, 1.807) is 11.0 Å². The Balaban J connectivity index is 2.04. The van der Waals surface area contributed by atoms with E-state index in [-0.39, 0.29) is 18.3 Å². The number of carbonyl (C=O) groups excluding carboxylic acids is 1. The molecular formula is C11H16FNO2. The van der Waals surface area contributed by atoms with Gasteiger partial charge in [-0.15, -0.1) is 0 Å². The third-order valence-electron chi connectivity index (χ3n) is 3.13. The lowest BCUT2D eigenvalue weighted by Gasteiger charge is -2.31. The van der Waals surface area contributed by atoms with Crippen molar-refractivity contribution in [3.05, 3.63) is 11.9 Å². The van der Waals surface area contributed by atoms with Crippen LogP contribution in [-0.4, -0.2) is 37.1 Å². The molecule has 0 aromatic carbocycles. The Bertz CT molecular complexity index is 295. The molecule has 0 radical (unpaired) electrons. The second-order valence-corrected chi connectivity index (χ2v) is 4.53. The minimum absolute atomic E-state index is 0.0308. The van der Waals surface area contributed by atoms with Crippen molar-refractivity contribution in [3.63, 3.8) is 0 Å². The summed E-state index contributed by atoms with van der Waals surface area (Å²) in [6, 6.07) is 0. The summed E-state index contributed by atoms with van der Waals surface area (Å²) in [5.74, 6) is -0.166. The molecule has 0 N–H and O–H groups in total. The average molecular weight is 213 g/mol. The number of hydrogen-bond acceptors (Lipinski definition) is 2. The van der Waals surface area contributed by atoms with Gasteiger partial charge in [0.25, 0.3) is 0 Å². The maximum absolute atomic E-state index is 13.0. The second kappa shape index (κ2) is 3.93. The van der Waals surface area contributed by atoms with Gasteiger partial charge in [0.1, 0.15) is 5.83 Å². The summed E-state index contributed by atoms with van der Waals surface area (Å²) >= 11 is 0. The van der Waals surface area contributed by atoms with E-state index >= 15 is 0 Å². The standard InChI is InChI=1S/C11H16FNO2/c1-11(4-6-15-8-11)10(14)13-5-2-3-9(12)7-13/h3H,2,4-8H2,1H3. The maximum atomic E-state index is 13.0. The third kappa shape index (κ3) is 2.04. The quantitative estimate of drug-likeness (QED) is 0.660. The summed E-state index contributed by atoms with van der Waals surface area (Å²) in [7, 11) is 0. The highest BCUT2D eigenvalue weighted by atomic mass is 19.1. The molecule has 0 aromatic heterocycles. The molecule has 0 bridgehead atoms. The molecular weight excluding hydrogens is 197 g/mol. The van der Waals surface area contributed by atoms with Gasteiger partial charge in [0.2, 0.25) is 5.91 Å². The topological polar surface area (TPSA) is 29.5 Å². The van der Waals surface area contributed by atoms with Crippen LogP contribution >= 0.6 is 0 Å². The predicted octanol–water partition coefficient (Wildman–Crippen LogP) is 1.50. The van der Waals surface area contributed by atoms with Gasteiger partial charge in [0.15, 0.2) is 0 Å². The Morgan fingerprint density at radius 1 is 1.67 bits per heavy atom. The minimum Gasteiger partial charge on any atom is -0.380 e. The third-order valence-corrected chi connectivity index (χ3v) is 3.13. The summed E-state index contributed by atoms with van der Waals surface area (Å²) in [5.41, 5.74) is -0.433. The lowest BCUT2D eigenvalue weighted by molar-refractivity contribution is -0.141. The molecule has 2 aliphatic heterocycles. The number of nitrogens with zero attached hydrogens (tertiary/aromatic N) is 1. The first-order valence-electron chi connectivity index (χ1n) is 5.33. The molecule has 2 heterocycles. The largest absolute Gasteiger partial charge is 0.380 e. The first-order valence-corrected chi connectivity index (χ1v) is 5.33. The number of amides is 1. The monoisotopic (exact) mass is 213 g/mol. The van der Waals surface area contributed by atoms with Gasteiger partial charge < -0.3 is 9.64 Å². The molecule has 1 saturated heterocycles. The van der Waals surface area contributed by atoms with Crippen LogP contribution in [-0.2, 0) is 9.53 Å². The molecule has 15 heavy (non-hydrogen) atoms. The van der Waals surface area contributed by atoms with E-state index in [0.29, 0.717) is 26.2 Å². The predicted molar refractivity (Wildman–Crippen MR) is 53.9 cm³/mol. The summed E-state index contributed by atoms with van der Waals surface area (Å²) in [5, 5.41) is 0. The molecule has 2 rings (SSSR count). The van der Waals surface area contributed by atoms with Gasteiger partial charge in [-0.3, -0.25) is 4.79 Å². The van der Waals surface area contributed by atoms with Gasteiger partial charge in [0, 0.05) is 13.2 Å². The highest BCUT2D eigenvalue weighted by Crippen LogP contribution is 2.31. The van der Waals surface area contributed by atoms with Gasteiger partial charge >= 0.3 is 0 Å². The van der Waals surface area contributed by atoms with Gasteiger partial charge in [-0.1, -0.05) is 0 Å². The second-order valence-electron chi connectivity index (χ2n) is 4.53. The molecule has 4 heteroatoms. The van der Waals surface area contributed by atoms with Crippen molar-refractivity contribution in [1.82, 2.24) is 4.90 Å². The Kier molecular flexibility index (Phi) is 2.78. The van der Waals surface area contributed by atoms with Crippen molar-refractivity contribution in [1.29, 1.82) is 0 Å². The van der Waals surface area contributed by atoms with E-state index in [2.05, 4.69) is 0 Å². The minimum atomic E-state index is -0.433. The van der Waals surface area contributed by atoms with Crippen molar-refractivity contribution in [2.75, 3.05) is 26.3 Å². The van der Waals surface area contributed by atoms with Gasteiger partial charge in [0.05, 0.1) is 18.6 Å². The van der Waals surface area contributed by atoms with Crippen LogP contribution in [0.2, 0.25) is 0 Å². The Morgan fingerprint density at radius 3 is 3.07 bits per heavy atom. The fourth-order valence-electron chi connectivity index (χ4n) is 2.09. The first-order chi connectivity index (χ1) is 7.12. The smallest absolute Gasteiger partial charge is 0.231 e. The molecule has 0 aromatic rings. The summed E-state index contributed by atoms with van der Waals surface area (Å²) in [6.07, 6.45) is 2.92. The molecule has 2 aliphatic rings. The van der Waals surface area contributed by atoms with E-state index in [9.17, 15) is 9.18 Å². The maximum Gasteiger partial charge on any atom is 0.231 e. The number of rotatable bonds is 1. The van der Waals surface area contributed by atoms with E-state index in [1.807, 2.05) is 6.92 Å². The molecule has 84 valence electrons. The van der Waals surface area contributed by atoms with Crippen molar-refractivity contribution >= 4 is 5.91 Å². The molecule has 0 spiro atoms. The Morgan fingerprint density at radius 2 is 2.47 bits per heavy atom. The first kappa shape index (κ1) is 10.6. The molecule has 1 atom stereocenters. The summed E-state index contributed by atoms with van der Waals surface area (Å²) in [6.45, 7) is 3.76. The molecule has 3 nitrogen and oxygen atoms in total. The molecule has 1 unspecified atom stereocenters. The van der Waals surface area contributed by atoms with Crippen LogP contribution in [0.1, 0.15) is 19.8 Å². The number of carbonyl (C=O) groups is 1. The normalized spacial score (nSPS) is 31.6. The zero-order valence-electron chi connectivity index (χ0n) is 8.96. The SMILES string of the molecule is CC1(C(=O)N2CCC=C(F)C2)CCOC1. The lowest BCUT2D eigenvalue weighted by atomic mass is 9.88. The van der Waals surface area contributed by atoms with Crippen LogP contribution in [0, 0.1) is 5.41 Å². The van der Waals surface area contributed by atoms with Crippen LogP contribution < -0.4 is 0 Å². The highest BCUT2D eigenvalue weighted by Gasteiger charge is 2.40. The number of hydrogen-bond donors (Lipinski definition) is 0. The fraction of sp³-hybridized carbons (Fsp3) is 0.727.